The van der Waals surface area contributed by atoms with Crippen molar-refractivity contribution in [3.8, 4) is 11.8 Å². The van der Waals surface area contributed by atoms with Gasteiger partial charge in [0, 0.05) is 13.1 Å². The first-order valence-electron chi connectivity index (χ1n) is 6.99. The van der Waals surface area contributed by atoms with E-state index < -0.39 is 0 Å². The van der Waals surface area contributed by atoms with Crippen molar-refractivity contribution in [2.45, 2.75) is 39.4 Å². The smallest absolute Gasteiger partial charge is 0.264 e. The standard InChI is InChI=1S/C16H21NO3S/c1-11-8-14(21-13(11)6-5-7-18)15(19)17-9-12(2)20-16(3,4)10-17/h8,12,18H,7,9-10H2,1-4H3. The van der Waals surface area contributed by atoms with Crippen molar-refractivity contribution >= 4 is 17.2 Å². The van der Waals surface area contributed by atoms with Crippen LogP contribution in [-0.4, -0.2) is 47.3 Å². The van der Waals surface area contributed by atoms with Crippen LogP contribution < -0.4 is 0 Å². The van der Waals surface area contributed by atoms with Gasteiger partial charge < -0.3 is 14.7 Å². The van der Waals surface area contributed by atoms with E-state index in [-0.39, 0.29) is 24.2 Å². The summed E-state index contributed by atoms with van der Waals surface area (Å²) in [6, 6.07) is 1.88. The van der Waals surface area contributed by atoms with Crippen LogP contribution in [0, 0.1) is 18.8 Å². The van der Waals surface area contributed by atoms with Crippen LogP contribution in [0.5, 0.6) is 0 Å². The van der Waals surface area contributed by atoms with Crippen LogP contribution in [0.25, 0.3) is 0 Å². The number of carbonyl (C=O) groups is 1. The van der Waals surface area contributed by atoms with Gasteiger partial charge in [0.2, 0.25) is 0 Å². The van der Waals surface area contributed by atoms with Crippen LogP contribution in [-0.2, 0) is 4.74 Å². The van der Waals surface area contributed by atoms with Crippen LogP contribution in [0.15, 0.2) is 6.07 Å². The van der Waals surface area contributed by atoms with E-state index in [0.29, 0.717) is 18.0 Å². The summed E-state index contributed by atoms with van der Waals surface area (Å²) in [7, 11) is 0. The number of morpholine rings is 1. The van der Waals surface area contributed by atoms with E-state index in [2.05, 4.69) is 11.8 Å². The fourth-order valence-corrected chi connectivity index (χ4v) is 3.61. The van der Waals surface area contributed by atoms with Crippen LogP contribution in [0.3, 0.4) is 0 Å². The second-order valence-electron chi connectivity index (χ2n) is 5.96. The number of aryl methyl sites for hydroxylation is 1. The third-order valence-corrected chi connectivity index (χ3v) is 4.41. The number of hydrogen-bond donors (Lipinski definition) is 1. The number of ether oxygens (including phenoxy) is 1. The number of aliphatic hydroxyl groups is 1. The molecule has 0 aliphatic carbocycles. The molecular formula is C16H21NO3S. The van der Waals surface area contributed by atoms with Crippen molar-refractivity contribution in [2.75, 3.05) is 19.7 Å². The third-order valence-electron chi connectivity index (χ3n) is 3.27. The molecule has 5 heteroatoms. The maximum Gasteiger partial charge on any atom is 0.264 e. The Morgan fingerprint density at radius 3 is 2.95 bits per heavy atom. The lowest BCUT2D eigenvalue weighted by molar-refractivity contribution is -0.118. The molecule has 0 spiro atoms. The van der Waals surface area contributed by atoms with E-state index in [0.717, 1.165) is 10.4 Å². The van der Waals surface area contributed by atoms with Crippen LogP contribution in [0.1, 0.15) is 40.9 Å². The van der Waals surface area contributed by atoms with Gasteiger partial charge in [-0.2, -0.15) is 0 Å². The van der Waals surface area contributed by atoms with E-state index in [9.17, 15) is 4.79 Å². The average Bonchev–Trinajstić information content (AvgIpc) is 2.74. The molecule has 114 valence electrons. The number of nitrogens with zero attached hydrogens (tertiary/aromatic N) is 1. The first kappa shape index (κ1) is 16.0. The summed E-state index contributed by atoms with van der Waals surface area (Å²) in [5, 5.41) is 8.77. The maximum absolute atomic E-state index is 12.7. The van der Waals surface area contributed by atoms with Gasteiger partial charge in [-0.3, -0.25) is 4.79 Å². The number of thiophene rings is 1. The molecule has 1 aliphatic rings. The zero-order valence-corrected chi connectivity index (χ0v) is 13.7. The highest BCUT2D eigenvalue weighted by atomic mass is 32.1. The lowest BCUT2D eigenvalue weighted by Crippen LogP contribution is -2.53. The van der Waals surface area contributed by atoms with Crippen LogP contribution in [0.2, 0.25) is 0 Å². The molecule has 1 unspecified atom stereocenters. The highest BCUT2D eigenvalue weighted by Crippen LogP contribution is 2.26. The molecule has 0 saturated carbocycles. The van der Waals surface area contributed by atoms with Crippen molar-refractivity contribution < 1.29 is 14.6 Å². The maximum atomic E-state index is 12.7. The Morgan fingerprint density at radius 1 is 1.62 bits per heavy atom. The zero-order valence-electron chi connectivity index (χ0n) is 12.9. The average molecular weight is 307 g/mol. The van der Waals surface area contributed by atoms with Gasteiger partial charge in [-0.1, -0.05) is 11.8 Å². The third kappa shape index (κ3) is 3.85. The van der Waals surface area contributed by atoms with Gasteiger partial charge in [0.25, 0.3) is 5.91 Å². The lowest BCUT2D eigenvalue weighted by Gasteiger charge is -2.41. The molecule has 4 nitrogen and oxygen atoms in total. The minimum absolute atomic E-state index is 0.0309. The second kappa shape index (κ2) is 6.18. The van der Waals surface area contributed by atoms with Crippen molar-refractivity contribution in [2.24, 2.45) is 0 Å². The van der Waals surface area contributed by atoms with Gasteiger partial charge in [-0.15, -0.1) is 11.3 Å². The Bertz CT molecular complexity index is 594. The first-order valence-corrected chi connectivity index (χ1v) is 7.81. The Balaban J connectivity index is 2.20. The predicted octanol–water partition coefficient (Wildman–Crippen LogP) is 2.04. The van der Waals surface area contributed by atoms with Crippen molar-refractivity contribution in [3.05, 3.63) is 21.4 Å². The summed E-state index contributed by atoms with van der Waals surface area (Å²) in [6.07, 6.45) is 0.0346. The van der Waals surface area contributed by atoms with Crippen molar-refractivity contribution in [1.82, 2.24) is 4.90 Å². The fraction of sp³-hybridized carbons (Fsp3) is 0.562. The molecule has 2 heterocycles. The molecule has 1 aromatic heterocycles. The van der Waals surface area contributed by atoms with E-state index >= 15 is 0 Å². The number of rotatable bonds is 1. The van der Waals surface area contributed by atoms with Gasteiger partial charge in [-0.25, -0.2) is 0 Å². The molecule has 1 amide bonds. The van der Waals surface area contributed by atoms with Gasteiger partial charge >= 0.3 is 0 Å². The number of amides is 1. The number of aliphatic hydroxyl groups excluding tert-OH is 1. The van der Waals surface area contributed by atoms with Crippen molar-refractivity contribution in [1.29, 1.82) is 0 Å². The van der Waals surface area contributed by atoms with Gasteiger partial charge in [0.15, 0.2) is 0 Å². The summed E-state index contributed by atoms with van der Waals surface area (Å²) in [5.41, 5.74) is 0.656. The monoisotopic (exact) mass is 307 g/mol. The minimum atomic E-state index is -0.320. The Labute approximate surface area is 129 Å². The molecule has 0 radical (unpaired) electrons. The van der Waals surface area contributed by atoms with E-state index in [1.165, 1.54) is 11.3 Å². The Hall–Kier alpha value is -1.35. The molecule has 1 N–H and O–H groups in total. The molecule has 1 aromatic rings. The highest BCUT2D eigenvalue weighted by Gasteiger charge is 2.34. The van der Waals surface area contributed by atoms with E-state index in [1.54, 1.807) is 0 Å². The van der Waals surface area contributed by atoms with Crippen molar-refractivity contribution in [3.63, 3.8) is 0 Å². The van der Waals surface area contributed by atoms with Gasteiger partial charge in [0.1, 0.15) is 6.61 Å². The molecule has 1 fully saturated rings. The Morgan fingerprint density at radius 2 is 2.33 bits per heavy atom. The van der Waals surface area contributed by atoms with Gasteiger partial charge in [-0.05, 0) is 39.3 Å². The first-order chi connectivity index (χ1) is 9.82. The normalized spacial score (nSPS) is 20.8. The molecular weight excluding hydrogens is 286 g/mol. The molecule has 1 aliphatic heterocycles. The summed E-state index contributed by atoms with van der Waals surface area (Å²) >= 11 is 1.39. The molecule has 0 aromatic carbocycles. The molecule has 2 rings (SSSR count). The molecule has 0 bridgehead atoms. The predicted molar refractivity (Wildman–Crippen MR) is 83.5 cm³/mol. The molecule has 1 saturated heterocycles. The summed E-state index contributed by atoms with van der Waals surface area (Å²) in [6.45, 7) is 8.94. The van der Waals surface area contributed by atoms with Crippen LogP contribution in [0.4, 0.5) is 0 Å². The SMILES string of the molecule is Cc1cc(C(=O)N2CC(C)OC(C)(C)C2)sc1C#CCO. The second-order valence-corrected chi connectivity index (χ2v) is 7.01. The van der Waals surface area contributed by atoms with Gasteiger partial charge in [0.05, 0.1) is 21.5 Å². The summed E-state index contributed by atoms with van der Waals surface area (Å²) in [5.74, 6) is 5.55. The minimum Gasteiger partial charge on any atom is -0.384 e. The van der Waals surface area contributed by atoms with E-state index in [4.69, 9.17) is 9.84 Å². The topological polar surface area (TPSA) is 49.8 Å². The van der Waals surface area contributed by atoms with E-state index in [1.807, 2.05) is 38.7 Å². The molecule has 1 atom stereocenters. The molecule has 21 heavy (non-hydrogen) atoms. The highest BCUT2D eigenvalue weighted by molar-refractivity contribution is 7.14. The summed E-state index contributed by atoms with van der Waals surface area (Å²) < 4.78 is 5.83. The number of hydrogen-bond acceptors (Lipinski definition) is 4. The largest absolute Gasteiger partial charge is 0.384 e. The Kier molecular flexibility index (Phi) is 4.72. The quantitative estimate of drug-likeness (QED) is 0.808. The van der Waals surface area contributed by atoms with Crippen LogP contribution >= 0.6 is 11.3 Å². The number of carbonyl (C=O) groups excluding carboxylic acids is 1. The lowest BCUT2D eigenvalue weighted by atomic mass is 10.1. The summed E-state index contributed by atoms with van der Waals surface area (Å²) in [4.78, 5) is 16.0. The zero-order chi connectivity index (χ0) is 15.6. The fourth-order valence-electron chi connectivity index (χ4n) is 2.60.